The molecule has 0 amide bonds. The van der Waals surface area contributed by atoms with Crippen molar-refractivity contribution >= 4 is 67.9 Å². The van der Waals surface area contributed by atoms with Crippen LogP contribution in [0.15, 0.2) is 64.0 Å². The Morgan fingerprint density at radius 3 is 2.41 bits per heavy atom. The summed E-state index contributed by atoms with van der Waals surface area (Å²) < 4.78 is 39.5. The first-order valence-electron chi connectivity index (χ1n) is 8.03. The molecule has 0 aromatic heterocycles. The van der Waals surface area contributed by atoms with Crippen LogP contribution in [-0.2, 0) is 14.6 Å². The van der Waals surface area contributed by atoms with Gasteiger partial charge in [-0.1, -0.05) is 51.8 Å². The van der Waals surface area contributed by atoms with Crippen molar-refractivity contribution in [1.29, 1.82) is 0 Å². The molecule has 0 bridgehead atoms. The summed E-state index contributed by atoms with van der Waals surface area (Å²) in [5, 5.41) is 1.09. The Labute approximate surface area is 180 Å². The highest BCUT2D eigenvalue weighted by molar-refractivity contribution is 9.10. The SMILES string of the molecule is O=Cc1cc(N(CP(=O)(O)O)S(=O)(=O)c2cc(Cl)cc(Br)c2)c2ccccc2c1. The van der Waals surface area contributed by atoms with Gasteiger partial charge in [0.15, 0.2) is 0 Å². The topological polar surface area (TPSA) is 112 Å². The van der Waals surface area contributed by atoms with E-state index in [9.17, 15) is 27.6 Å². The average molecular weight is 519 g/mol. The highest BCUT2D eigenvalue weighted by Crippen LogP contribution is 2.42. The Balaban J connectivity index is 2.33. The molecule has 0 saturated carbocycles. The van der Waals surface area contributed by atoms with Gasteiger partial charge >= 0.3 is 7.60 Å². The van der Waals surface area contributed by atoms with E-state index >= 15 is 0 Å². The molecule has 2 N–H and O–H groups in total. The lowest BCUT2D eigenvalue weighted by Gasteiger charge is -2.26. The summed E-state index contributed by atoms with van der Waals surface area (Å²) in [6.45, 7) is 0. The molecule has 0 fully saturated rings. The molecular weight excluding hydrogens is 505 g/mol. The second-order valence-corrected chi connectivity index (χ2v) is 11.0. The lowest BCUT2D eigenvalue weighted by Crippen LogP contribution is -2.32. The number of hydrogen-bond donors (Lipinski definition) is 2. The van der Waals surface area contributed by atoms with Crippen LogP contribution in [0.2, 0.25) is 5.02 Å². The lowest BCUT2D eigenvalue weighted by molar-refractivity contribution is 0.112. The smallest absolute Gasteiger partial charge is 0.323 e. The summed E-state index contributed by atoms with van der Waals surface area (Å²) in [7, 11) is -9.25. The van der Waals surface area contributed by atoms with Crippen LogP contribution >= 0.6 is 35.1 Å². The number of carbonyl (C=O) groups excluding carboxylic acids is 1. The summed E-state index contributed by atoms with van der Waals surface area (Å²) in [6, 6.07) is 13.4. The Bertz CT molecular complexity index is 1240. The number of anilines is 1. The van der Waals surface area contributed by atoms with Gasteiger partial charge < -0.3 is 9.79 Å². The predicted octanol–water partition coefficient (Wildman–Crippen LogP) is 4.40. The zero-order valence-electron chi connectivity index (χ0n) is 14.6. The quantitative estimate of drug-likeness (QED) is 0.370. The van der Waals surface area contributed by atoms with Gasteiger partial charge in [-0.2, -0.15) is 0 Å². The zero-order chi connectivity index (χ0) is 21.4. The number of rotatable bonds is 6. The van der Waals surface area contributed by atoms with Gasteiger partial charge in [0.1, 0.15) is 12.6 Å². The van der Waals surface area contributed by atoms with Gasteiger partial charge in [-0.15, -0.1) is 0 Å². The third-order valence-electron chi connectivity index (χ3n) is 4.00. The number of fused-ring (bicyclic) bond motifs is 1. The minimum absolute atomic E-state index is 0.0235. The van der Waals surface area contributed by atoms with Gasteiger partial charge in [0.05, 0.1) is 10.6 Å². The maximum atomic E-state index is 13.4. The summed E-state index contributed by atoms with van der Waals surface area (Å²) in [5.41, 5.74) is 0.140. The van der Waals surface area contributed by atoms with Gasteiger partial charge in [-0.25, -0.2) is 8.42 Å². The summed E-state index contributed by atoms with van der Waals surface area (Å²) in [4.78, 5) is 30.3. The first-order valence-corrected chi connectivity index (χ1v) is 12.4. The molecular formula is C18H14BrClNO6PS. The van der Waals surface area contributed by atoms with Crippen molar-refractivity contribution in [2.24, 2.45) is 0 Å². The van der Waals surface area contributed by atoms with E-state index in [1.807, 2.05) is 0 Å². The highest BCUT2D eigenvalue weighted by Gasteiger charge is 2.32. The number of nitrogens with zero attached hydrogens (tertiary/aromatic N) is 1. The van der Waals surface area contributed by atoms with Crippen LogP contribution in [-0.4, -0.2) is 30.8 Å². The van der Waals surface area contributed by atoms with Gasteiger partial charge in [-0.05, 0) is 35.7 Å². The van der Waals surface area contributed by atoms with Crippen LogP contribution in [0.1, 0.15) is 10.4 Å². The van der Waals surface area contributed by atoms with Crippen molar-refractivity contribution in [3.63, 3.8) is 0 Å². The first kappa shape index (κ1) is 22.0. The molecule has 0 saturated heterocycles. The van der Waals surface area contributed by atoms with E-state index in [-0.39, 0.29) is 21.2 Å². The normalized spacial score (nSPS) is 12.1. The van der Waals surface area contributed by atoms with Crippen molar-refractivity contribution in [2.75, 3.05) is 10.6 Å². The number of carbonyl (C=O) groups is 1. The molecule has 0 heterocycles. The number of halogens is 2. The molecule has 0 radical (unpaired) electrons. The molecule has 0 spiro atoms. The van der Waals surface area contributed by atoms with Crippen molar-refractivity contribution < 1.29 is 27.6 Å². The Kier molecular flexibility index (Phi) is 6.19. The molecule has 11 heteroatoms. The highest BCUT2D eigenvalue weighted by atomic mass is 79.9. The van der Waals surface area contributed by atoms with Crippen LogP contribution in [0, 0.1) is 0 Å². The monoisotopic (exact) mass is 517 g/mol. The maximum absolute atomic E-state index is 13.4. The van der Waals surface area contributed by atoms with E-state index in [0.29, 0.717) is 25.8 Å². The Hall–Kier alpha value is -1.74. The van der Waals surface area contributed by atoms with Gasteiger partial charge in [0, 0.05) is 20.4 Å². The second kappa shape index (κ2) is 8.18. The van der Waals surface area contributed by atoms with E-state index in [1.165, 1.54) is 24.3 Å². The number of hydrogen-bond acceptors (Lipinski definition) is 4. The molecule has 29 heavy (non-hydrogen) atoms. The fourth-order valence-electron chi connectivity index (χ4n) is 2.84. The van der Waals surface area contributed by atoms with Crippen molar-refractivity contribution in [1.82, 2.24) is 0 Å². The van der Waals surface area contributed by atoms with Gasteiger partial charge in [0.25, 0.3) is 10.0 Å². The van der Waals surface area contributed by atoms with E-state index < -0.39 is 23.9 Å². The van der Waals surface area contributed by atoms with Crippen LogP contribution in [0.25, 0.3) is 10.8 Å². The van der Waals surface area contributed by atoms with Crippen molar-refractivity contribution in [3.05, 3.63) is 69.7 Å². The average Bonchev–Trinajstić information content (AvgIpc) is 2.63. The third-order valence-corrected chi connectivity index (χ3v) is 7.26. The predicted molar refractivity (Wildman–Crippen MR) is 115 cm³/mol. The fraction of sp³-hybridized carbons (Fsp3) is 0.0556. The van der Waals surface area contributed by atoms with E-state index in [4.69, 9.17) is 11.6 Å². The van der Waals surface area contributed by atoms with Gasteiger partial charge in [0.2, 0.25) is 0 Å². The molecule has 0 unspecified atom stereocenters. The molecule has 3 aromatic rings. The van der Waals surface area contributed by atoms with Crippen molar-refractivity contribution in [3.8, 4) is 0 Å². The molecule has 7 nitrogen and oxygen atoms in total. The molecule has 0 aliphatic carbocycles. The van der Waals surface area contributed by atoms with Crippen LogP contribution in [0.5, 0.6) is 0 Å². The molecule has 3 rings (SSSR count). The minimum atomic E-state index is -4.82. The van der Waals surface area contributed by atoms with Crippen LogP contribution in [0.3, 0.4) is 0 Å². The maximum Gasteiger partial charge on any atom is 0.345 e. The standard InChI is InChI=1S/C18H14BrClNO6PS/c19-14-7-15(20)9-16(8-14)29(26,27)21(11-28(23,24)25)18-6-12(10-22)5-13-3-1-2-4-17(13)18/h1-10H,11H2,(H2,23,24,25). The summed E-state index contributed by atoms with van der Waals surface area (Å²) in [6.07, 6.45) is -0.569. The molecule has 152 valence electrons. The largest absolute Gasteiger partial charge is 0.345 e. The molecule has 3 aromatic carbocycles. The fourth-order valence-corrected chi connectivity index (χ4v) is 6.68. The molecule has 0 aliphatic rings. The van der Waals surface area contributed by atoms with Crippen LogP contribution in [0.4, 0.5) is 5.69 Å². The number of sulfonamides is 1. The Morgan fingerprint density at radius 2 is 1.79 bits per heavy atom. The van der Waals surface area contributed by atoms with Crippen LogP contribution < -0.4 is 4.31 Å². The third kappa shape index (κ3) is 4.88. The minimum Gasteiger partial charge on any atom is -0.323 e. The van der Waals surface area contributed by atoms with Crippen molar-refractivity contribution in [2.45, 2.75) is 4.90 Å². The van der Waals surface area contributed by atoms with Gasteiger partial charge in [-0.3, -0.25) is 13.7 Å². The first-order chi connectivity index (χ1) is 13.5. The second-order valence-electron chi connectivity index (χ2n) is 6.14. The van der Waals surface area contributed by atoms with E-state index in [0.717, 1.165) is 0 Å². The number of benzene rings is 3. The molecule has 0 atom stereocenters. The Morgan fingerprint density at radius 1 is 1.10 bits per heavy atom. The lowest BCUT2D eigenvalue weighted by atomic mass is 10.1. The van der Waals surface area contributed by atoms with E-state index in [1.54, 1.807) is 30.3 Å². The summed E-state index contributed by atoms with van der Waals surface area (Å²) in [5.74, 6) is 0. The number of aldehydes is 1. The molecule has 0 aliphatic heterocycles. The van der Waals surface area contributed by atoms with E-state index in [2.05, 4.69) is 15.9 Å². The summed E-state index contributed by atoms with van der Waals surface area (Å²) >= 11 is 9.14. The zero-order valence-corrected chi connectivity index (χ0v) is 18.6.